The molecule has 3 rings (SSSR count). The van der Waals surface area contributed by atoms with Gasteiger partial charge in [-0.05, 0) is 38.1 Å². The Morgan fingerprint density at radius 3 is 2.91 bits per heavy atom. The summed E-state index contributed by atoms with van der Waals surface area (Å²) < 4.78 is 32.6. The van der Waals surface area contributed by atoms with Crippen molar-refractivity contribution in [1.82, 2.24) is 14.8 Å². The molecule has 1 saturated heterocycles. The van der Waals surface area contributed by atoms with Crippen LogP contribution >= 0.6 is 0 Å². The lowest BCUT2D eigenvalue weighted by molar-refractivity contribution is 0.430. The number of aromatic nitrogens is 1. The molecule has 118 valence electrons. The summed E-state index contributed by atoms with van der Waals surface area (Å²) >= 11 is 0. The van der Waals surface area contributed by atoms with Crippen LogP contribution in [0.4, 0.5) is 0 Å². The molecule has 1 aliphatic heterocycles. The topological polar surface area (TPSA) is 75.4 Å². The van der Waals surface area contributed by atoms with Crippen molar-refractivity contribution in [2.24, 2.45) is 5.92 Å². The smallest absolute Gasteiger partial charge is 0.243 e. The lowest BCUT2D eigenvalue weighted by Gasteiger charge is -2.18. The minimum absolute atomic E-state index is 0.275. The van der Waals surface area contributed by atoms with Gasteiger partial charge in [0.25, 0.3) is 0 Å². The van der Waals surface area contributed by atoms with Crippen molar-refractivity contribution in [3.8, 4) is 11.3 Å². The first kappa shape index (κ1) is 15.2. The number of benzene rings is 1. The van der Waals surface area contributed by atoms with Gasteiger partial charge in [-0.2, -0.15) is 4.31 Å². The highest BCUT2D eigenvalue weighted by Crippen LogP contribution is 2.31. The van der Waals surface area contributed by atoms with Crippen LogP contribution in [0.5, 0.6) is 0 Å². The monoisotopic (exact) mass is 321 g/mol. The van der Waals surface area contributed by atoms with Gasteiger partial charge in [0.15, 0.2) is 5.76 Å². The molecule has 1 fully saturated rings. The van der Waals surface area contributed by atoms with Crippen LogP contribution in [0, 0.1) is 5.92 Å². The second-order valence-corrected chi connectivity index (χ2v) is 7.35. The lowest BCUT2D eigenvalue weighted by atomic mass is 10.1. The van der Waals surface area contributed by atoms with E-state index < -0.39 is 10.0 Å². The van der Waals surface area contributed by atoms with E-state index in [0.29, 0.717) is 30.3 Å². The standard InChI is InChI=1S/C15H19N3O3S/c1-16-10-12-7-9-18(11-12)22(19,20)15-5-3-2-4-13(15)14-6-8-17-21-14/h2-6,8,12,16H,7,9-11H2,1H3. The maximum absolute atomic E-state index is 12.9. The Labute approximate surface area is 130 Å². The Balaban J connectivity index is 1.94. The molecule has 2 aromatic rings. The average Bonchev–Trinajstić information content (AvgIpc) is 3.19. The second kappa shape index (κ2) is 6.20. The Bertz CT molecular complexity index is 728. The minimum Gasteiger partial charge on any atom is -0.356 e. The highest BCUT2D eigenvalue weighted by atomic mass is 32.2. The molecule has 1 N–H and O–H groups in total. The van der Waals surface area contributed by atoms with E-state index in [1.807, 2.05) is 7.05 Å². The molecular weight excluding hydrogens is 302 g/mol. The molecule has 1 aromatic carbocycles. The fraction of sp³-hybridized carbons (Fsp3) is 0.400. The summed E-state index contributed by atoms with van der Waals surface area (Å²) in [5, 5.41) is 6.77. The molecule has 22 heavy (non-hydrogen) atoms. The maximum Gasteiger partial charge on any atom is 0.243 e. The summed E-state index contributed by atoms with van der Waals surface area (Å²) in [5.74, 6) is 0.822. The van der Waals surface area contributed by atoms with Crippen molar-refractivity contribution in [2.45, 2.75) is 11.3 Å². The van der Waals surface area contributed by atoms with E-state index in [1.54, 1.807) is 34.6 Å². The van der Waals surface area contributed by atoms with Crippen molar-refractivity contribution >= 4 is 10.0 Å². The predicted molar refractivity (Wildman–Crippen MR) is 82.7 cm³/mol. The fourth-order valence-corrected chi connectivity index (χ4v) is 4.59. The summed E-state index contributed by atoms with van der Waals surface area (Å²) in [5.41, 5.74) is 0.553. The molecule has 0 radical (unpaired) electrons. The van der Waals surface area contributed by atoms with Crippen LogP contribution in [0.1, 0.15) is 6.42 Å². The van der Waals surface area contributed by atoms with E-state index in [4.69, 9.17) is 4.52 Å². The third-order valence-electron chi connectivity index (χ3n) is 3.95. The third-order valence-corrected chi connectivity index (χ3v) is 5.87. The lowest BCUT2D eigenvalue weighted by Crippen LogP contribution is -2.30. The first-order valence-corrected chi connectivity index (χ1v) is 8.72. The highest BCUT2D eigenvalue weighted by Gasteiger charge is 2.33. The van der Waals surface area contributed by atoms with Gasteiger partial charge < -0.3 is 9.84 Å². The van der Waals surface area contributed by atoms with Crippen molar-refractivity contribution in [1.29, 1.82) is 0 Å². The third kappa shape index (κ3) is 2.79. The van der Waals surface area contributed by atoms with Crippen molar-refractivity contribution in [2.75, 3.05) is 26.7 Å². The normalized spacial score (nSPS) is 19.6. The SMILES string of the molecule is CNCC1CCN(S(=O)(=O)c2ccccc2-c2ccno2)C1. The largest absolute Gasteiger partial charge is 0.356 e. The van der Waals surface area contributed by atoms with E-state index in [-0.39, 0.29) is 4.90 Å². The fourth-order valence-electron chi connectivity index (χ4n) is 2.86. The summed E-state index contributed by atoms with van der Waals surface area (Å²) in [6.45, 7) is 1.93. The number of hydrogen-bond donors (Lipinski definition) is 1. The summed E-state index contributed by atoms with van der Waals surface area (Å²) in [7, 11) is -1.64. The van der Waals surface area contributed by atoms with Crippen LogP contribution in [0.3, 0.4) is 0 Å². The molecule has 1 aromatic heterocycles. The molecule has 0 bridgehead atoms. The first-order valence-electron chi connectivity index (χ1n) is 7.28. The molecule has 2 heterocycles. The number of nitrogens with one attached hydrogen (secondary N) is 1. The van der Waals surface area contributed by atoms with Gasteiger partial charge in [-0.15, -0.1) is 0 Å². The zero-order valence-electron chi connectivity index (χ0n) is 12.4. The number of hydrogen-bond acceptors (Lipinski definition) is 5. The van der Waals surface area contributed by atoms with E-state index in [1.165, 1.54) is 6.20 Å². The molecule has 6 nitrogen and oxygen atoms in total. The van der Waals surface area contributed by atoms with E-state index in [9.17, 15) is 8.42 Å². The molecule has 1 aliphatic rings. The van der Waals surface area contributed by atoms with Gasteiger partial charge in [-0.1, -0.05) is 17.3 Å². The van der Waals surface area contributed by atoms with Crippen molar-refractivity contribution in [3.05, 3.63) is 36.5 Å². The van der Waals surface area contributed by atoms with Gasteiger partial charge in [0.05, 0.1) is 11.1 Å². The summed E-state index contributed by atoms with van der Waals surface area (Å²) in [6.07, 6.45) is 2.39. The summed E-state index contributed by atoms with van der Waals surface area (Å²) in [6, 6.07) is 8.56. The first-order chi connectivity index (χ1) is 10.6. The zero-order chi connectivity index (χ0) is 15.6. The predicted octanol–water partition coefficient (Wildman–Crippen LogP) is 1.57. The quantitative estimate of drug-likeness (QED) is 0.905. The Kier molecular flexibility index (Phi) is 4.28. The van der Waals surface area contributed by atoms with E-state index in [0.717, 1.165) is 13.0 Å². The van der Waals surface area contributed by atoms with Crippen LogP contribution in [0.15, 0.2) is 45.9 Å². The summed E-state index contributed by atoms with van der Waals surface area (Å²) in [4.78, 5) is 0.275. The molecule has 1 unspecified atom stereocenters. The number of nitrogens with zero attached hydrogens (tertiary/aromatic N) is 2. The Hall–Kier alpha value is -1.70. The van der Waals surface area contributed by atoms with Crippen LogP contribution < -0.4 is 5.32 Å². The molecule has 0 saturated carbocycles. The van der Waals surface area contributed by atoms with Crippen LogP contribution in [-0.2, 0) is 10.0 Å². The maximum atomic E-state index is 12.9. The zero-order valence-corrected chi connectivity index (χ0v) is 13.2. The van der Waals surface area contributed by atoms with Crippen molar-refractivity contribution in [3.63, 3.8) is 0 Å². The van der Waals surface area contributed by atoms with Gasteiger partial charge in [0, 0.05) is 24.7 Å². The number of rotatable bonds is 5. The van der Waals surface area contributed by atoms with Gasteiger partial charge in [0.1, 0.15) is 0 Å². The average molecular weight is 321 g/mol. The second-order valence-electron chi connectivity index (χ2n) is 5.45. The van der Waals surface area contributed by atoms with E-state index >= 15 is 0 Å². The number of sulfonamides is 1. The van der Waals surface area contributed by atoms with Crippen LogP contribution in [0.2, 0.25) is 0 Å². The van der Waals surface area contributed by atoms with Gasteiger partial charge in [-0.25, -0.2) is 8.42 Å². The molecule has 1 atom stereocenters. The highest BCUT2D eigenvalue weighted by molar-refractivity contribution is 7.89. The van der Waals surface area contributed by atoms with E-state index in [2.05, 4.69) is 10.5 Å². The minimum atomic E-state index is -3.53. The van der Waals surface area contributed by atoms with Crippen molar-refractivity contribution < 1.29 is 12.9 Å². The van der Waals surface area contributed by atoms with Crippen LogP contribution in [0.25, 0.3) is 11.3 Å². The van der Waals surface area contributed by atoms with Gasteiger partial charge >= 0.3 is 0 Å². The van der Waals surface area contributed by atoms with Gasteiger partial charge in [0.2, 0.25) is 10.0 Å². The molecule has 0 amide bonds. The Morgan fingerprint density at radius 2 is 2.18 bits per heavy atom. The van der Waals surface area contributed by atoms with Crippen LogP contribution in [-0.4, -0.2) is 44.6 Å². The Morgan fingerprint density at radius 1 is 1.36 bits per heavy atom. The molecule has 0 aliphatic carbocycles. The molecule has 7 heteroatoms. The van der Waals surface area contributed by atoms with Gasteiger partial charge in [-0.3, -0.25) is 0 Å². The molecular formula is C15H19N3O3S. The molecule has 0 spiro atoms.